The Morgan fingerprint density at radius 3 is 2.36 bits per heavy atom. The summed E-state index contributed by atoms with van der Waals surface area (Å²) in [5, 5.41) is 3.06. The number of carbonyl (C=O) groups is 1. The summed E-state index contributed by atoms with van der Waals surface area (Å²) in [6.45, 7) is 0. The van der Waals surface area contributed by atoms with Crippen LogP contribution in [0.5, 0.6) is 11.5 Å². The molecule has 0 aliphatic heterocycles. The van der Waals surface area contributed by atoms with E-state index in [9.17, 15) is 4.79 Å². The Labute approximate surface area is 143 Å². The van der Waals surface area contributed by atoms with Crippen LogP contribution in [-0.4, -0.2) is 20.0 Å². The van der Waals surface area contributed by atoms with Crippen LogP contribution in [-0.2, 0) is 0 Å². The maximum Gasteiger partial charge on any atom is 0.187 e. The quantitative estimate of drug-likeness (QED) is 0.443. The number of hydrogen-bond acceptors (Lipinski definition) is 4. The molecule has 0 saturated heterocycles. The Kier molecular flexibility index (Phi) is 5.83. The van der Waals surface area contributed by atoms with Crippen LogP contribution in [0.4, 0.5) is 5.69 Å². The molecule has 22 heavy (non-hydrogen) atoms. The standard InChI is InChI=1S/C17H16INO3/c1-21-16-8-3-12(11-17(16)22-2)15(20)9-10-19-14-6-4-13(18)5-7-14/h3-11,19H,1-2H3/b10-9+. The molecule has 0 atom stereocenters. The van der Waals surface area contributed by atoms with Crippen LogP contribution in [0.1, 0.15) is 10.4 Å². The second kappa shape index (κ2) is 7.84. The van der Waals surface area contributed by atoms with Crippen LogP contribution < -0.4 is 14.8 Å². The second-order valence-electron chi connectivity index (χ2n) is 4.42. The number of ether oxygens (including phenoxy) is 2. The van der Waals surface area contributed by atoms with Gasteiger partial charge in [0, 0.05) is 27.1 Å². The van der Waals surface area contributed by atoms with Gasteiger partial charge in [-0.15, -0.1) is 0 Å². The molecule has 0 aliphatic rings. The average Bonchev–Trinajstić information content (AvgIpc) is 2.55. The highest BCUT2D eigenvalue weighted by atomic mass is 127. The van der Waals surface area contributed by atoms with Crippen LogP contribution in [0, 0.1) is 3.57 Å². The number of anilines is 1. The average molecular weight is 409 g/mol. The van der Waals surface area contributed by atoms with Gasteiger partial charge < -0.3 is 14.8 Å². The Hall–Kier alpha value is -2.02. The predicted octanol–water partition coefficient (Wildman–Crippen LogP) is 4.12. The molecule has 0 amide bonds. The number of nitrogens with one attached hydrogen (secondary N) is 1. The fourth-order valence-electron chi connectivity index (χ4n) is 1.85. The summed E-state index contributed by atoms with van der Waals surface area (Å²) in [7, 11) is 3.10. The molecule has 0 radical (unpaired) electrons. The summed E-state index contributed by atoms with van der Waals surface area (Å²) < 4.78 is 11.5. The molecule has 5 heteroatoms. The summed E-state index contributed by atoms with van der Waals surface area (Å²) >= 11 is 2.24. The third-order valence-electron chi connectivity index (χ3n) is 3.00. The van der Waals surface area contributed by atoms with Gasteiger partial charge in [-0.2, -0.15) is 0 Å². The minimum Gasteiger partial charge on any atom is -0.493 e. The topological polar surface area (TPSA) is 47.6 Å². The van der Waals surface area contributed by atoms with Crippen LogP contribution in [0.25, 0.3) is 0 Å². The highest BCUT2D eigenvalue weighted by molar-refractivity contribution is 14.1. The Balaban J connectivity index is 2.05. The van der Waals surface area contributed by atoms with Gasteiger partial charge in [-0.05, 0) is 65.1 Å². The van der Waals surface area contributed by atoms with Crippen LogP contribution in [0.3, 0.4) is 0 Å². The number of carbonyl (C=O) groups excluding carboxylic acids is 1. The summed E-state index contributed by atoms with van der Waals surface area (Å²) in [5.41, 5.74) is 1.47. The Morgan fingerprint density at radius 1 is 1.05 bits per heavy atom. The first-order valence-corrected chi connectivity index (χ1v) is 7.67. The van der Waals surface area contributed by atoms with E-state index < -0.39 is 0 Å². The molecule has 1 N–H and O–H groups in total. The molecule has 0 aliphatic carbocycles. The molecule has 0 unspecified atom stereocenters. The number of ketones is 1. The summed E-state index contributed by atoms with van der Waals surface area (Å²) in [6.07, 6.45) is 3.11. The lowest BCUT2D eigenvalue weighted by Gasteiger charge is -2.08. The van der Waals surface area contributed by atoms with Gasteiger partial charge in [-0.25, -0.2) is 0 Å². The van der Waals surface area contributed by atoms with Crippen molar-refractivity contribution in [1.82, 2.24) is 0 Å². The van der Waals surface area contributed by atoms with E-state index >= 15 is 0 Å². The summed E-state index contributed by atoms with van der Waals surface area (Å²) in [5.74, 6) is 1.02. The van der Waals surface area contributed by atoms with Crippen LogP contribution in [0.2, 0.25) is 0 Å². The molecular weight excluding hydrogens is 393 g/mol. The number of hydrogen-bond donors (Lipinski definition) is 1. The maximum absolute atomic E-state index is 12.1. The lowest BCUT2D eigenvalue weighted by Crippen LogP contribution is -1.98. The van der Waals surface area contributed by atoms with E-state index in [2.05, 4.69) is 27.9 Å². The largest absolute Gasteiger partial charge is 0.493 e. The molecule has 0 aromatic heterocycles. The highest BCUT2D eigenvalue weighted by Gasteiger charge is 2.08. The molecule has 4 nitrogen and oxygen atoms in total. The van der Waals surface area contributed by atoms with Crippen molar-refractivity contribution in [2.45, 2.75) is 0 Å². The van der Waals surface area contributed by atoms with Crippen LogP contribution in [0.15, 0.2) is 54.7 Å². The molecule has 0 fully saturated rings. The zero-order valence-corrected chi connectivity index (χ0v) is 14.5. The molecule has 0 bridgehead atoms. The molecule has 0 saturated carbocycles. The smallest absolute Gasteiger partial charge is 0.187 e. The van der Waals surface area contributed by atoms with Crippen molar-refractivity contribution >= 4 is 34.1 Å². The molecular formula is C17H16INO3. The van der Waals surface area contributed by atoms with Gasteiger partial charge in [0.15, 0.2) is 17.3 Å². The fourth-order valence-corrected chi connectivity index (χ4v) is 2.20. The zero-order valence-electron chi connectivity index (χ0n) is 12.3. The molecule has 2 rings (SSSR count). The number of methoxy groups -OCH3 is 2. The van der Waals surface area contributed by atoms with Crippen molar-refractivity contribution in [2.24, 2.45) is 0 Å². The lowest BCUT2D eigenvalue weighted by molar-refractivity contribution is 0.104. The number of allylic oxidation sites excluding steroid dienone is 1. The van der Waals surface area contributed by atoms with Crippen molar-refractivity contribution in [3.8, 4) is 11.5 Å². The van der Waals surface area contributed by atoms with Gasteiger partial charge >= 0.3 is 0 Å². The minimum atomic E-state index is -0.112. The molecule has 0 heterocycles. The van der Waals surface area contributed by atoms with Gasteiger partial charge in [0.05, 0.1) is 14.2 Å². The SMILES string of the molecule is COc1ccc(C(=O)/C=C/Nc2ccc(I)cc2)cc1OC. The summed E-state index contributed by atoms with van der Waals surface area (Å²) in [6, 6.07) is 13.0. The van der Waals surface area contributed by atoms with Gasteiger partial charge in [0.2, 0.25) is 0 Å². The van der Waals surface area contributed by atoms with Gasteiger partial charge in [0.1, 0.15) is 0 Å². The third kappa shape index (κ3) is 4.24. The van der Waals surface area contributed by atoms with Crippen molar-refractivity contribution in [2.75, 3.05) is 19.5 Å². The van der Waals surface area contributed by atoms with E-state index in [0.717, 1.165) is 9.26 Å². The zero-order chi connectivity index (χ0) is 15.9. The van der Waals surface area contributed by atoms with E-state index in [0.29, 0.717) is 17.1 Å². The van der Waals surface area contributed by atoms with Gasteiger partial charge in [0.25, 0.3) is 0 Å². The molecule has 2 aromatic rings. The van der Waals surface area contributed by atoms with Crippen molar-refractivity contribution in [1.29, 1.82) is 0 Å². The third-order valence-corrected chi connectivity index (χ3v) is 3.72. The molecule has 2 aromatic carbocycles. The first kappa shape index (κ1) is 16.4. The molecule has 114 valence electrons. The normalized spacial score (nSPS) is 10.5. The van der Waals surface area contributed by atoms with E-state index in [1.54, 1.807) is 38.6 Å². The first-order chi connectivity index (χ1) is 10.6. The maximum atomic E-state index is 12.1. The first-order valence-electron chi connectivity index (χ1n) is 6.59. The Morgan fingerprint density at radius 2 is 1.73 bits per heavy atom. The van der Waals surface area contributed by atoms with Crippen molar-refractivity contribution < 1.29 is 14.3 Å². The Bertz CT molecular complexity index is 681. The van der Waals surface area contributed by atoms with E-state index in [1.165, 1.54) is 6.08 Å². The highest BCUT2D eigenvalue weighted by Crippen LogP contribution is 2.27. The van der Waals surface area contributed by atoms with Crippen molar-refractivity contribution in [3.05, 3.63) is 63.9 Å². The van der Waals surface area contributed by atoms with E-state index in [4.69, 9.17) is 9.47 Å². The number of rotatable bonds is 6. The monoisotopic (exact) mass is 409 g/mol. The molecule has 0 spiro atoms. The van der Waals surface area contributed by atoms with Gasteiger partial charge in [-0.3, -0.25) is 4.79 Å². The number of halogens is 1. The minimum absolute atomic E-state index is 0.112. The van der Waals surface area contributed by atoms with E-state index in [-0.39, 0.29) is 5.78 Å². The fraction of sp³-hybridized carbons (Fsp3) is 0.118. The van der Waals surface area contributed by atoms with Crippen LogP contribution >= 0.6 is 22.6 Å². The second-order valence-corrected chi connectivity index (χ2v) is 5.66. The summed E-state index contributed by atoms with van der Waals surface area (Å²) in [4.78, 5) is 12.1. The van der Waals surface area contributed by atoms with Crippen molar-refractivity contribution in [3.63, 3.8) is 0 Å². The van der Waals surface area contributed by atoms with E-state index in [1.807, 2.05) is 24.3 Å². The number of benzene rings is 2. The lowest BCUT2D eigenvalue weighted by atomic mass is 10.1. The predicted molar refractivity (Wildman–Crippen MR) is 95.8 cm³/mol. The van der Waals surface area contributed by atoms with Gasteiger partial charge in [-0.1, -0.05) is 0 Å².